The summed E-state index contributed by atoms with van der Waals surface area (Å²) in [5.41, 5.74) is 0. The molecule has 1 N–H and O–H groups in total. The highest BCUT2D eigenvalue weighted by Gasteiger charge is 2.29. The Balaban J connectivity index is 1.51. The minimum absolute atomic E-state index is 0.0921. The van der Waals surface area contributed by atoms with Crippen LogP contribution in [0, 0.1) is 0 Å². The van der Waals surface area contributed by atoms with Gasteiger partial charge in [-0.2, -0.15) is 0 Å². The van der Waals surface area contributed by atoms with Gasteiger partial charge in [0.15, 0.2) is 0 Å². The average molecular weight is 263 g/mol. The van der Waals surface area contributed by atoms with Gasteiger partial charge in [0.25, 0.3) is 0 Å². The lowest BCUT2D eigenvalue weighted by Gasteiger charge is -2.26. The zero-order valence-corrected chi connectivity index (χ0v) is 11.2. The van der Waals surface area contributed by atoms with Crippen LogP contribution in [0.2, 0.25) is 0 Å². The molecule has 104 valence electrons. The first-order valence-electron chi connectivity index (χ1n) is 7.24. The van der Waals surface area contributed by atoms with Gasteiger partial charge >= 0.3 is 6.03 Å². The van der Waals surface area contributed by atoms with Crippen molar-refractivity contribution in [1.82, 2.24) is 25.2 Å². The molecule has 6 nitrogen and oxygen atoms in total. The highest BCUT2D eigenvalue weighted by atomic mass is 16.2. The molecule has 2 heterocycles. The number of hydrogen-bond acceptors (Lipinski definition) is 3. The molecule has 1 aliphatic heterocycles. The Labute approximate surface area is 113 Å². The van der Waals surface area contributed by atoms with E-state index >= 15 is 0 Å². The summed E-state index contributed by atoms with van der Waals surface area (Å²) in [4.78, 5) is 14.1. The van der Waals surface area contributed by atoms with Crippen molar-refractivity contribution >= 4 is 6.03 Å². The van der Waals surface area contributed by atoms with Crippen molar-refractivity contribution in [2.45, 2.75) is 50.6 Å². The summed E-state index contributed by atoms with van der Waals surface area (Å²) in [5, 5.41) is 11.0. The van der Waals surface area contributed by atoms with Crippen molar-refractivity contribution in [2.24, 2.45) is 0 Å². The summed E-state index contributed by atoms with van der Waals surface area (Å²) in [6.45, 7) is 1.55. The average Bonchev–Trinajstić information content (AvgIpc) is 3.11. The fourth-order valence-corrected chi connectivity index (χ4v) is 3.07. The Bertz CT molecular complexity index is 413. The number of likely N-dealkylation sites (tertiary alicyclic amines) is 1. The third kappa shape index (κ3) is 2.88. The molecule has 1 aromatic rings. The summed E-state index contributed by atoms with van der Waals surface area (Å²) < 4.78 is 1.86. The quantitative estimate of drug-likeness (QED) is 0.881. The molecule has 0 spiro atoms. The Morgan fingerprint density at radius 1 is 1.21 bits per heavy atom. The van der Waals surface area contributed by atoms with Gasteiger partial charge in [-0.15, -0.1) is 5.10 Å². The van der Waals surface area contributed by atoms with Gasteiger partial charge in [-0.25, -0.2) is 9.48 Å². The number of nitrogens with one attached hydrogen (secondary N) is 1. The second kappa shape index (κ2) is 5.59. The van der Waals surface area contributed by atoms with E-state index in [-0.39, 0.29) is 12.1 Å². The van der Waals surface area contributed by atoms with Crippen LogP contribution in [0.5, 0.6) is 0 Å². The summed E-state index contributed by atoms with van der Waals surface area (Å²) in [6, 6.07) is 0.751. The largest absolute Gasteiger partial charge is 0.335 e. The minimum atomic E-state index is 0.0921. The van der Waals surface area contributed by atoms with E-state index in [0.717, 1.165) is 32.4 Å². The molecule has 0 unspecified atom stereocenters. The van der Waals surface area contributed by atoms with Crippen LogP contribution in [0.15, 0.2) is 12.4 Å². The molecule has 1 aliphatic carbocycles. The predicted molar refractivity (Wildman–Crippen MR) is 70.7 cm³/mol. The molecule has 1 aromatic heterocycles. The van der Waals surface area contributed by atoms with Crippen molar-refractivity contribution in [2.75, 3.05) is 13.1 Å². The molecule has 1 atom stereocenters. The molecule has 1 saturated carbocycles. The maximum atomic E-state index is 12.2. The van der Waals surface area contributed by atoms with E-state index in [1.54, 1.807) is 6.20 Å². The molecule has 0 radical (unpaired) electrons. The lowest BCUT2D eigenvalue weighted by Crippen LogP contribution is -2.44. The lowest BCUT2D eigenvalue weighted by atomic mass is 9.96. The molecular weight excluding hydrogens is 242 g/mol. The van der Waals surface area contributed by atoms with Crippen LogP contribution in [-0.2, 0) is 0 Å². The first kappa shape index (κ1) is 12.4. The molecule has 2 amide bonds. The minimum Gasteiger partial charge on any atom is -0.335 e. The zero-order valence-electron chi connectivity index (χ0n) is 11.2. The van der Waals surface area contributed by atoms with Crippen molar-refractivity contribution < 1.29 is 4.79 Å². The monoisotopic (exact) mass is 263 g/mol. The molecule has 1 saturated heterocycles. The first-order valence-corrected chi connectivity index (χ1v) is 7.24. The van der Waals surface area contributed by atoms with Crippen LogP contribution in [-0.4, -0.2) is 45.1 Å². The molecule has 2 aliphatic rings. The lowest BCUT2D eigenvalue weighted by molar-refractivity contribution is 0.198. The van der Waals surface area contributed by atoms with Crippen LogP contribution in [0.3, 0.4) is 0 Å². The third-order valence-corrected chi connectivity index (χ3v) is 4.20. The second-order valence-corrected chi connectivity index (χ2v) is 5.56. The number of aromatic nitrogens is 3. The summed E-state index contributed by atoms with van der Waals surface area (Å²) in [5.74, 6) is 0. The van der Waals surface area contributed by atoms with Crippen LogP contribution >= 0.6 is 0 Å². The number of urea groups is 1. The second-order valence-electron chi connectivity index (χ2n) is 5.56. The van der Waals surface area contributed by atoms with Gasteiger partial charge in [0, 0.05) is 25.3 Å². The summed E-state index contributed by atoms with van der Waals surface area (Å²) >= 11 is 0. The van der Waals surface area contributed by atoms with Crippen molar-refractivity contribution in [1.29, 1.82) is 0 Å². The van der Waals surface area contributed by atoms with Gasteiger partial charge < -0.3 is 10.2 Å². The molecule has 0 aromatic carbocycles. The third-order valence-electron chi connectivity index (χ3n) is 4.20. The van der Waals surface area contributed by atoms with E-state index in [0.29, 0.717) is 6.04 Å². The van der Waals surface area contributed by atoms with E-state index in [4.69, 9.17) is 0 Å². The number of hydrogen-bond donors (Lipinski definition) is 1. The van der Waals surface area contributed by atoms with Crippen molar-refractivity contribution in [3.8, 4) is 0 Å². The van der Waals surface area contributed by atoms with Crippen molar-refractivity contribution in [3.63, 3.8) is 0 Å². The number of carbonyl (C=O) groups is 1. The predicted octanol–water partition coefficient (Wildman–Crippen LogP) is 1.57. The van der Waals surface area contributed by atoms with Crippen LogP contribution < -0.4 is 5.32 Å². The van der Waals surface area contributed by atoms with E-state index in [2.05, 4.69) is 15.6 Å². The number of amides is 2. The SMILES string of the molecule is O=C(NC1CCCCC1)N1CC[C@@H](n2ccnn2)C1. The van der Waals surface area contributed by atoms with E-state index in [1.807, 2.05) is 15.8 Å². The number of carbonyl (C=O) groups excluding carboxylic acids is 1. The Morgan fingerprint density at radius 3 is 2.79 bits per heavy atom. The number of nitrogens with zero attached hydrogens (tertiary/aromatic N) is 4. The van der Waals surface area contributed by atoms with Gasteiger partial charge in [0.1, 0.15) is 0 Å². The molecule has 19 heavy (non-hydrogen) atoms. The van der Waals surface area contributed by atoms with Gasteiger partial charge in [0.2, 0.25) is 0 Å². The molecule has 3 rings (SSSR count). The fourth-order valence-electron chi connectivity index (χ4n) is 3.07. The Hall–Kier alpha value is -1.59. The fraction of sp³-hybridized carbons (Fsp3) is 0.769. The normalized spacial score (nSPS) is 24.6. The van der Waals surface area contributed by atoms with Crippen LogP contribution in [0.1, 0.15) is 44.6 Å². The maximum Gasteiger partial charge on any atom is 0.317 e. The summed E-state index contributed by atoms with van der Waals surface area (Å²) in [6.07, 6.45) is 10.6. The van der Waals surface area contributed by atoms with Gasteiger partial charge in [-0.05, 0) is 19.3 Å². The van der Waals surface area contributed by atoms with Crippen LogP contribution in [0.25, 0.3) is 0 Å². The highest BCUT2D eigenvalue weighted by molar-refractivity contribution is 5.74. The van der Waals surface area contributed by atoms with E-state index < -0.39 is 0 Å². The van der Waals surface area contributed by atoms with Gasteiger partial charge in [-0.1, -0.05) is 24.5 Å². The molecule has 2 fully saturated rings. The van der Waals surface area contributed by atoms with Crippen LogP contribution in [0.4, 0.5) is 4.79 Å². The zero-order chi connectivity index (χ0) is 13.1. The highest BCUT2D eigenvalue weighted by Crippen LogP contribution is 2.21. The standard InChI is InChI=1S/C13H21N5O/c19-13(15-11-4-2-1-3-5-11)17-8-6-12(10-17)18-9-7-14-16-18/h7,9,11-12H,1-6,8,10H2,(H,15,19)/t12-/m1/s1. The van der Waals surface area contributed by atoms with Crippen molar-refractivity contribution in [3.05, 3.63) is 12.4 Å². The number of rotatable bonds is 2. The maximum absolute atomic E-state index is 12.2. The van der Waals surface area contributed by atoms with E-state index in [1.165, 1.54) is 19.3 Å². The van der Waals surface area contributed by atoms with Gasteiger partial charge in [-0.3, -0.25) is 0 Å². The Kier molecular flexibility index (Phi) is 3.66. The molecular formula is C13H21N5O. The van der Waals surface area contributed by atoms with E-state index in [9.17, 15) is 4.79 Å². The van der Waals surface area contributed by atoms with Gasteiger partial charge in [0.05, 0.1) is 12.2 Å². The smallest absolute Gasteiger partial charge is 0.317 e. The Morgan fingerprint density at radius 2 is 2.05 bits per heavy atom. The first-order chi connectivity index (χ1) is 9.33. The summed E-state index contributed by atoms with van der Waals surface area (Å²) in [7, 11) is 0. The molecule has 0 bridgehead atoms. The topological polar surface area (TPSA) is 63.1 Å². The molecule has 6 heteroatoms.